The van der Waals surface area contributed by atoms with Gasteiger partial charge in [0.05, 0.1) is 13.7 Å². The highest BCUT2D eigenvalue weighted by Gasteiger charge is 2.19. The van der Waals surface area contributed by atoms with E-state index in [2.05, 4.69) is 5.32 Å². The van der Waals surface area contributed by atoms with Gasteiger partial charge < -0.3 is 19.5 Å². The van der Waals surface area contributed by atoms with Gasteiger partial charge in [0, 0.05) is 0 Å². The van der Waals surface area contributed by atoms with Crippen molar-refractivity contribution in [2.45, 2.75) is 19.4 Å². The maximum atomic E-state index is 12.3. The van der Waals surface area contributed by atoms with Crippen LogP contribution in [0.2, 0.25) is 0 Å². The first kappa shape index (κ1) is 17.7. The minimum absolute atomic E-state index is 0.167. The van der Waals surface area contributed by atoms with Crippen molar-refractivity contribution in [3.8, 4) is 17.2 Å². The molecule has 1 N–H and O–H groups in total. The second-order valence-corrected chi connectivity index (χ2v) is 5.12. The van der Waals surface area contributed by atoms with Crippen molar-refractivity contribution in [1.29, 1.82) is 0 Å². The van der Waals surface area contributed by atoms with Gasteiger partial charge in [0.25, 0.3) is 5.91 Å². The summed E-state index contributed by atoms with van der Waals surface area (Å²) in [6.45, 7) is 2.72. The van der Waals surface area contributed by atoms with E-state index in [9.17, 15) is 4.79 Å². The molecule has 0 radical (unpaired) electrons. The Balaban J connectivity index is 1.81. The average Bonchev–Trinajstić information content (AvgIpc) is 2.64. The second kappa shape index (κ2) is 9.45. The Morgan fingerprint density at radius 3 is 2.38 bits per heavy atom. The van der Waals surface area contributed by atoms with Gasteiger partial charge in [0.15, 0.2) is 17.6 Å². The molecular weight excluding hydrogens is 306 g/mol. The zero-order valence-corrected chi connectivity index (χ0v) is 14.0. The first-order valence-electron chi connectivity index (χ1n) is 7.99. The maximum Gasteiger partial charge on any atom is 0.261 e. The van der Waals surface area contributed by atoms with Crippen molar-refractivity contribution >= 4 is 5.91 Å². The van der Waals surface area contributed by atoms with E-state index >= 15 is 0 Å². The van der Waals surface area contributed by atoms with Gasteiger partial charge in [0.1, 0.15) is 12.4 Å². The van der Waals surface area contributed by atoms with E-state index in [0.717, 1.165) is 5.75 Å². The summed E-state index contributed by atoms with van der Waals surface area (Å²) in [6, 6.07) is 16.8. The lowest BCUT2D eigenvalue weighted by Crippen LogP contribution is -2.39. The molecule has 1 atom stereocenters. The third-order valence-corrected chi connectivity index (χ3v) is 3.41. The van der Waals surface area contributed by atoms with E-state index in [1.165, 1.54) is 0 Å². The third-order valence-electron chi connectivity index (χ3n) is 3.41. The van der Waals surface area contributed by atoms with Crippen LogP contribution in [0.15, 0.2) is 54.6 Å². The summed E-state index contributed by atoms with van der Waals surface area (Å²) in [5, 5.41) is 2.83. The van der Waals surface area contributed by atoms with Crippen LogP contribution in [0, 0.1) is 0 Å². The Bertz CT molecular complexity index is 630. The van der Waals surface area contributed by atoms with Gasteiger partial charge in [-0.15, -0.1) is 0 Å². The van der Waals surface area contributed by atoms with Gasteiger partial charge in [0.2, 0.25) is 0 Å². The Morgan fingerprint density at radius 2 is 1.71 bits per heavy atom. The molecule has 0 heterocycles. The summed E-state index contributed by atoms with van der Waals surface area (Å²) in [4.78, 5) is 12.3. The molecule has 0 spiro atoms. The number of carbonyl (C=O) groups is 1. The highest BCUT2D eigenvalue weighted by Crippen LogP contribution is 2.27. The van der Waals surface area contributed by atoms with Gasteiger partial charge in [-0.3, -0.25) is 4.79 Å². The number of methoxy groups -OCH3 is 1. The number of ether oxygens (including phenoxy) is 3. The fraction of sp³-hybridized carbons (Fsp3) is 0.316. The molecule has 0 fully saturated rings. The lowest BCUT2D eigenvalue weighted by molar-refractivity contribution is -0.128. The van der Waals surface area contributed by atoms with E-state index in [4.69, 9.17) is 14.2 Å². The monoisotopic (exact) mass is 329 g/mol. The molecular formula is C19H23NO4. The van der Waals surface area contributed by atoms with E-state index in [0.29, 0.717) is 31.1 Å². The number of amides is 1. The van der Waals surface area contributed by atoms with Crippen molar-refractivity contribution in [3.63, 3.8) is 0 Å². The van der Waals surface area contributed by atoms with Gasteiger partial charge >= 0.3 is 0 Å². The summed E-state index contributed by atoms with van der Waals surface area (Å²) in [7, 11) is 1.57. The summed E-state index contributed by atoms with van der Waals surface area (Å²) in [5.74, 6) is 1.78. The quantitative estimate of drug-likeness (QED) is 0.719. The van der Waals surface area contributed by atoms with Crippen LogP contribution < -0.4 is 19.5 Å². The molecule has 24 heavy (non-hydrogen) atoms. The molecule has 2 aromatic carbocycles. The Labute approximate surface area is 142 Å². The molecule has 2 aromatic rings. The normalized spacial score (nSPS) is 11.4. The molecule has 0 saturated heterocycles. The summed E-state index contributed by atoms with van der Waals surface area (Å²) >= 11 is 0. The first-order chi connectivity index (χ1) is 11.7. The van der Waals surface area contributed by atoms with Crippen LogP contribution in [0.1, 0.15) is 13.3 Å². The number of carbonyl (C=O) groups excluding carboxylic acids is 1. The molecule has 1 amide bonds. The first-order valence-corrected chi connectivity index (χ1v) is 7.99. The summed E-state index contributed by atoms with van der Waals surface area (Å²) < 4.78 is 16.6. The predicted molar refractivity (Wildman–Crippen MR) is 92.6 cm³/mol. The van der Waals surface area contributed by atoms with Crippen LogP contribution in [-0.2, 0) is 4.79 Å². The molecule has 0 unspecified atom stereocenters. The van der Waals surface area contributed by atoms with Crippen LogP contribution >= 0.6 is 0 Å². The van der Waals surface area contributed by atoms with E-state index < -0.39 is 6.10 Å². The molecule has 0 saturated carbocycles. The fourth-order valence-corrected chi connectivity index (χ4v) is 2.17. The molecule has 0 aliphatic heterocycles. The molecule has 5 heteroatoms. The zero-order valence-electron chi connectivity index (χ0n) is 14.0. The molecule has 0 aliphatic rings. The lowest BCUT2D eigenvalue weighted by Gasteiger charge is -2.18. The SMILES string of the molecule is CC[C@H](Oc1ccccc1OC)C(=O)NCCOc1ccccc1. The second-order valence-electron chi connectivity index (χ2n) is 5.12. The Hall–Kier alpha value is -2.69. The Morgan fingerprint density at radius 1 is 1.04 bits per heavy atom. The zero-order chi connectivity index (χ0) is 17.2. The number of nitrogens with one attached hydrogen (secondary N) is 1. The third kappa shape index (κ3) is 5.19. The molecule has 0 bridgehead atoms. The number of benzene rings is 2. The van der Waals surface area contributed by atoms with Crippen LogP contribution in [0.4, 0.5) is 0 Å². The lowest BCUT2D eigenvalue weighted by atomic mass is 10.2. The number of hydrogen-bond acceptors (Lipinski definition) is 4. The summed E-state index contributed by atoms with van der Waals surface area (Å²) in [5.41, 5.74) is 0. The predicted octanol–water partition coefficient (Wildman–Crippen LogP) is 3.05. The van der Waals surface area contributed by atoms with Crippen molar-refractivity contribution in [2.75, 3.05) is 20.3 Å². The Kier molecular flexibility index (Phi) is 6.95. The van der Waals surface area contributed by atoms with Crippen molar-refractivity contribution in [1.82, 2.24) is 5.32 Å². The van der Waals surface area contributed by atoms with E-state index in [1.807, 2.05) is 49.4 Å². The number of hydrogen-bond donors (Lipinski definition) is 1. The van der Waals surface area contributed by atoms with E-state index in [1.54, 1.807) is 19.2 Å². The van der Waals surface area contributed by atoms with Crippen molar-refractivity contribution in [3.05, 3.63) is 54.6 Å². The number of rotatable bonds is 9. The molecule has 5 nitrogen and oxygen atoms in total. The maximum absolute atomic E-state index is 12.3. The van der Waals surface area contributed by atoms with Crippen LogP contribution in [0.5, 0.6) is 17.2 Å². The standard InChI is InChI=1S/C19H23NO4/c1-3-16(24-18-12-8-7-11-17(18)22-2)19(21)20-13-14-23-15-9-5-4-6-10-15/h4-12,16H,3,13-14H2,1-2H3,(H,20,21)/t16-/m0/s1. The van der Waals surface area contributed by atoms with Crippen molar-refractivity contribution < 1.29 is 19.0 Å². The van der Waals surface area contributed by atoms with Gasteiger partial charge in [-0.25, -0.2) is 0 Å². The van der Waals surface area contributed by atoms with Gasteiger partial charge in [-0.2, -0.15) is 0 Å². The largest absolute Gasteiger partial charge is 0.493 e. The van der Waals surface area contributed by atoms with Crippen LogP contribution in [0.25, 0.3) is 0 Å². The fourth-order valence-electron chi connectivity index (χ4n) is 2.17. The minimum Gasteiger partial charge on any atom is -0.493 e. The number of para-hydroxylation sites is 3. The molecule has 0 aromatic heterocycles. The summed E-state index contributed by atoms with van der Waals surface area (Å²) in [6.07, 6.45) is -0.0123. The smallest absolute Gasteiger partial charge is 0.261 e. The highest BCUT2D eigenvalue weighted by atomic mass is 16.5. The van der Waals surface area contributed by atoms with Gasteiger partial charge in [-0.1, -0.05) is 37.3 Å². The average molecular weight is 329 g/mol. The van der Waals surface area contributed by atoms with Crippen molar-refractivity contribution in [2.24, 2.45) is 0 Å². The molecule has 2 rings (SSSR count). The van der Waals surface area contributed by atoms with Crippen LogP contribution in [0.3, 0.4) is 0 Å². The van der Waals surface area contributed by atoms with E-state index in [-0.39, 0.29) is 5.91 Å². The van der Waals surface area contributed by atoms with Crippen LogP contribution in [-0.4, -0.2) is 32.3 Å². The topological polar surface area (TPSA) is 56.8 Å². The minimum atomic E-state index is -0.571. The molecule has 128 valence electrons. The molecule has 0 aliphatic carbocycles. The van der Waals surface area contributed by atoms with Gasteiger partial charge in [-0.05, 0) is 30.7 Å². The highest BCUT2D eigenvalue weighted by molar-refractivity contribution is 5.81.